The highest BCUT2D eigenvalue weighted by atomic mass is 19.1. The highest BCUT2D eigenvalue weighted by Gasteiger charge is 2.25. The summed E-state index contributed by atoms with van der Waals surface area (Å²) in [6.07, 6.45) is 3.14. The summed E-state index contributed by atoms with van der Waals surface area (Å²) in [5, 5.41) is 3.05. The third-order valence-corrected chi connectivity index (χ3v) is 3.48. The molecule has 0 saturated heterocycles. The minimum Gasteiger partial charge on any atom is -0.381 e. The third-order valence-electron chi connectivity index (χ3n) is 3.48. The lowest BCUT2D eigenvalue weighted by Crippen LogP contribution is -2.31. The Morgan fingerprint density at radius 2 is 1.78 bits per heavy atom. The number of hydrogen-bond donors (Lipinski definition) is 2. The Hall–Kier alpha value is -1.39. The highest BCUT2D eigenvalue weighted by Crippen LogP contribution is 2.30. The van der Waals surface area contributed by atoms with Gasteiger partial charge in [-0.15, -0.1) is 0 Å². The van der Waals surface area contributed by atoms with E-state index in [9.17, 15) is 8.78 Å². The number of nitrogen functional groups attached to an aromatic ring is 1. The van der Waals surface area contributed by atoms with Crippen molar-refractivity contribution < 1.29 is 8.78 Å². The normalized spacial score (nSPS) is 28.1. The summed E-state index contributed by atoms with van der Waals surface area (Å²) in [4.78, 5) is 3.73. The van der Waals surface area contributed by atoms with Crippen LogP contribution in [0.3, 0.4) is 0 Å². The summed E-state index contributed by atoms with van der Waals surface area (Å²) >= 11 is 0. The summed E-state index contributed by atoms with van der Waals surface area (Å²) in [6.45, 7) is 4.38. The Morgan fingerprint density at radius 3 is 2.39 bits per heavy atom. The minimum atomic E-state index is -0.816. The number of hydrogen-bond acceptors (Lipinski definition) is 3. The van der Waals surface area contributed by atoms with E-state index in [1.165, 1.54) is 6.42 Å². The van der Waals surface area contributed by atoms with Gasteiger partial charge in [0.05, 0.1) is 0 Å². The van der Waals surface area contributed by atoms with Gasteiger partial charge < -0.3 is 11.1 Å². The summed E-state index contributed by atoms with van der Waals surface area (Å²) < 4.78 is 26.6. The quantitative estimate of drug-likeness (QED) is 0.853. The Balaban J connectivity index is 2.11. The zero-order valence-corrected chi connectivity index (χ0v) is 10.7. The van der Waals surface area contributed by atoms with Crippen LogP contribution in [0.1, 0.15) is 33.1 Å². The lowest BCUT2D eigenvalue weighted by Gasteiger charge is -2.32. The molecule has 0 aromatic carbocycles. The molecule has 5 heteroatoms. The van der Waals surface area contributed by atoms with Crippen molar-refractivity contribution in [2.45, 2.75) is 39.2 Å². The molecular formula is C13H19F2N3. The molecule has 18 heavy (non-hydrogen) atoms. The number of rotatable bonds is 2. The fraction of sp³-hybridized carbons (Fsp3) is 0.615. The van der Waals surface area contributed by atoms with Crippen LogP contribution in [0.4, 0.5) is 20.4 Å². The van der Waals surface area contributed by atoms with Gasteiger partial charge in [-0.05, 0) is 31.1 Å². The van der Waals surface area contributed by atoms with Crippen molar-refractivity contribution in [3.8, 4) is 0 Å². The van der Waals surface area contributed by atoms with E-state index in [1.54, 1.807) is 0 Å². The van der Waals surface area contributed by atoms with Crippen LogP contribution in [-0.4, -0.2) is 11.0 Å². The molecule has 0 amide bonds. The minimum absolute atomic E-state index is 0.0557. The molecule has 1 aromatic rings. The SMILES string of the molecule is CC1CC(C)CC(Nc2nc(N)c(F)cc2F)C1. The number of halogens is 2. The summed E-state index contributed by atoms with van der Waals surface area (Å²) in [7, 11) is 0. The zero-order valence-electron chi connectivity index (χ0n) is 10.7. The predicted octanol–water partition coefficient (Wildman–Crippen LogP) is 3.18. The number of nitrogens with zero attached hydrogens (tertiary/aromatic N) is 1. The van der Waals surface area contributed by atoms with Crippen LogP contribution in [-0.2, 0) is 0 Å². The molecule has 1 saturated carbocycles. The van der Waals surface area contributed by atoms with E-state index in [4.69, 9.17) is 5.73 Å². The molecule has 2 atom stereocenters. The number of nitrogens with two attached hydrogens (primary N) is 1. The summed E-state index contributed by atoms with van der Waals surface area (Å²) in [5.41, 5.74) is 5.36. The standard InChI is InChI=1S/C13H19F2N3/c1-7-3-8(2)5-9(4-7)17-13-11(15)6-10(14)12(16)18-13/h6-9H,3-5H2,1-2H3,(H3,16,17,18). The molecule has 3 nitrogen and oxygen atoms in total. The molecule has 0 radical (unpaired) electrons. The highest BCUT2D eigenvalue weighted by molar-refractivity contribution is 5.45. The first-order valence-corrected chi connectivity index (χ1v) is 6.33. The molecule has 0 spiro atoms. The van der Waals surface area contributed by atoms with Crippen LogP contribution >= 0.6 is 0 Å². The van der Waals surface area contributed by atoms with Gasteiger partial charge in [-0.1, -0.05) is 13.8 Å². The fourth-order valence-electron chi connectivity index (χ4n) is 2.84. The average molecular weight is 255 g/mol. The van der Waals surface area contributed by atoms with Gasteiger partial charge in [0.15, 0.2) is 23.3 Å². The molecule has 1 aliphatic carbocycles. The van der Waals surface area contributed by atoms with Crippen molar-refractivity contribution in [3.05, 3.63) is 17.7 Å². The Bertz CT molecular complexity index is 426. The molecule has 1 heterocycles. The number of nitrogens with one attached hydrogen (secondary N) is 1. The molecular weight excluding hydrogens is 236 g/mol. The van der Waals surface area contributed by atoms with Gasteiger partial charge >= 0.3 is 0 Å². The van der Waals surface area contributed by atoms with Crippen LogP contribution < -0.4 is 11.1 Å². The van der Waals surface area contributed by atoms with Crippen LogP contribution in [0.2, 0.25) is 0 Å². The van der Waals surface area contributed by atoms with Crippen LogP contribution in [0.25, 0.3) is 0 Å². The molecule has 1 aliphatic rings. The van der Waals surface area contributed by atoms with Gasteiger partial charge in [-0.2, -0.15) is 0 Å². The van der Waals surface area contributed by atoms with E-state index < -0.39 is 11.6 Å². The van der Waals surface area contributed by atoms with Gasteiger partial charge in [-0.3, -0.25) is 0 Å². The van der Waals surface area contributed by atoms with Gasteiger partial charge in [-0.25, -0.2) is 13.8 Å². The van der Waals surface area contributed by atoms with E-state index in [2.05, 4.69) is 24.1 Å². The summed E-state index contributed by atoms with van der Waals surface area (Å²) in [6, 6.07) is 0.955. The van der Waals surface area contributed by atoms with Gasteiger partial charge in [0.2, 0.25) is 0 Å². The first-order valence-electron chi connectivity index (χ1n) is 6.33. The van der Waals surface area contributed by atoms with Gasteiger partial charge in [0, 0.05) is 12.1 Å². The van der Waals surface area contributed by atoms with E-state index >= 15 is 0 Å². The topological polar surface area (TPSA) is 50.9 Å². The molecule has 0 aliphatic heterocycles. The van der Waals surface area contributed by atoms with E-state index in [-0.39, 0.29) is 17.7 Å². The van der Waals surface area contributed by atoms with Crippen molar-refractivity contribution in [3.63, 3.8) is 0 Å². The Morgan fingerprint density at radius 1 is 1.17 bits per heavy atom. The molecule has 100 valence electrons. The third kappa shape index (κ3) is 2.89. The largest absolute Gasteiger partial charge is 0.381 e. The van der Waals surface area contributed by atoms with Gasteiger partial charge in [0.1, 0.15) is 0 Å². The maximum absolute atomic E-state index is 13.6. The first-order chi connectivity index (χ1) is 8.45. The number of anilines is 2. The molecule has 1 fully saturated rings. The molecule has 1 aromatic heterocycles. The Kier molecular flexibility index (Phi) is 3.68. The second-order valence-corrected chi connectivity index (χ2v) is 5.44. The van der Waals surface area contributed by atoms with E-state index in [0.29, 0.717) is 11.8 Å². The second kappa shape index (κ2) is 5.08. The van der Waals surface area contributed by atoms with Crippen molar-refractivity contribution in [2.75, 3.05) is 11.1 Å². The lowest BCUT2D eigenvalue weighted by atomic mass is 9.80. The van der Waals surface area contributed by atoms with Crippen molar-refractivity contribution in [1.82, 2.24) is 4.98 Å². The second-order valence-electron chi connectivity index (χ2n) is 5.44. The summed E-state index contributed by atoms with van der Waals surface area (Å²) in [5.74, 6) is -0.508. The monoisotopic (exact) mass is 255 g/mol. The molecule has 0 bridgehead atoms. The van der Waals surface area contributed by atoms with Crippen LogP contribution in [0, 0.1) is 23.5 Å². The lowest BCUT2D eigenvalue weighted by molar-refractivity contribution is 0.280. The van der Waals surface area contributed by atoms with E-state index in [1.807, 2.05) is 0 Å². The van der Waals surface area contributed by atoms with Crippen molar-refractivity contribution >= 4 is 11.6 Å². The number of aromatic nitrogens is 1. The smallest absolute Gasteiger partial charge is 0.168 e. The predicted molar refractivity (Wildman–Crippen MR) is 68.2 cm³/mol. The maximum atomic E-state index is 13.6. The van der Waals surface area contributed by atoms with Crippen molar-refractivity contribution in [1.29, 1.82) is 0 Å². The van der Waals surface area contributed by atoms with Crippen LogP contribution in [0.5, 0.6) is 0 Å². The molecule has 2 rings (SSSR count). The Labute approximate surface area is 106 Å². The average Bonchev–Trinajstić information content (AvgIpc) is 2.24. The zero-order chi connectivity index (χ0) is 13.3. The first kappa shape index (κ1) is 13.1. The molecule has 2 unspecified atom stereocenters. The van der Waals surface area contributed by atoms with Crippen molar-refractivity contribution in [2.24, 2.45) is 11.8 Å². The van der Waals surface area contributed by atoms with Gasteiger partial charge in [0.25, 0.3) is 0 Å². The van der Waals surface area contributed by atoms with E-state index in [0.717, 1.165) is 18.9 Å². The molecule has 3 N–H and O–H groups in total. The fourth-order valence-corrected chi connectivity index (χ4v) is 2.84. The van der Waals surface area contributed by atoms with Crippen LogP contribution in [0.15, 0.2) is 6.07 Å². The number of pyridine rings is 1. The maximum Gasteiger partial charge on any atom is 0.168 e.